The summed E-state index contributed by atoms with van der Waals surface area (Å²) in [4.78, 5) is 23.6. The molecule has 102 valence electrons. The monoisotopic (exact) mass is 260 g/mol. The van der Waals surface area contributed by atoms with E-state index < -0.39 is 11.4 Å². The molecule has 1 aromatic rings. The van der Waals surface area contributed by atoms with E-state index in [1.54, 1.807) is 0 Å². The van der Waals surface area contributed by atoms with Gasteiger partial charge in [0.25, 0.3) is 0 Å². The van der Waals surface area contributed by atoms with Crippen LogP contribution in [0.5, 0.6) is 0 Å². The minimum Gasteiger partial charge on any atom is -0.481 e. The molecule has 19 heavy (non-hydrogen) atoms. The van der Waals surface area contributed by atoms with Gasteiger partial charge in [0.1, 0.15) is 5.78 Å². The molecule has 0 aliphatic heterocycles. The molecule has 0 saturated heterocycles. The van der Waals surface area contributed by atoms with Gasteiger partial charge in [0, 0.05) is 12.8 Å². The highest BCUT2D eigenvalue weighted by Gasteiger charge is 2.46. The van der Waals surface area contributed by atoms with Gasteiger partial charge in [0.15, 0.2) is 0 Å². The molecule has 2 rings (SSSR count). The molecule has 2 atom stereocenters. The number of ketones is 1. The summed E-state index contributed by atoms with van der Waals surface area (Å²) in [6, 6.07) is 9.69. The summed E-state index contributed by atoms with van der Waals surface area (Å²) in [5.41, 5.74) is 0.381. The lowest BCUT2D eigenvalue weighted by molar-refractivity contribution is -0.139. The lowest BCUT2D eigenvalue weighted by Gasteiger charge is -2.40. The predicted octanol–water partition coefficient (Wildman–Crippen LogP) is 3.18. The summed E-state index contributed by atoms with van der Waals surface area (Å²) in [7, 11) is 0. The number of carbonyl (C=O) groups excluding carboxylic acids is 1. The highest BCUT2D eigenvalue weighted by molar-refractivity contribution is 5.91. The van der Waals surface area contributed by atoms with E-state index in [2.05, 4.69) is 0 Å². The van der Waals surface area contributed by atoms with E-state index in [9.17, 15) is 9.59 Å². The van der Waals surface area contributed by atoms with Crippen LogP contribution in [0.4, 0.5) is 0 Å². The van der Waals surface area contributed by atoms with Gasteiger partial charge in [-0.3, -0.25) is 9.59 Å². The molecule has 0 heterocycles. The summed E-state index contributed by atoms with van der Waals surface area (Å²) in [6.07, 6.45) is 3.29. The third kappa shape index (κ3) is 2.55. The fourth-order valence-electron chi connectivity index (χ4n) is 3.33. The largest absolute Gasteiger partial charge is 0.481 e. The van der Waals surface area contributed by atoms with Gasteiger partial charge in [-0.15, -0.1) is 0 Å². The van der Waals surface area contributed by atoms with E-state index in [1.807, 2.05) is 37.3 Å². The first kappa shape index (κ1) is 13.8. The number of carboxylic acids is 1. The number of carbonyl (C=O) groups is 2. The minimum atomic E-state index is -0.832. The van der Waals surface area contributed by atoms with Crippen LogP contribution in [-0.4, -0.2) is 16.9 Å². The van der Waals surface area contributed by atoms with Crippen LogP contribution in [0, 0.1) is 5.92 Å². The Balaban J connectivity index is 2.43. The first-order valence-corrected chi connectivity index (χ1v) is 6.88. The number of hydrogen-bond donors (Lipinski definition) is 1. The van der Waals surface area contributed by atoms with Crippen LogP contribution in [0.15, 0.2) is 30.3 Å². The number of hydrogen-bond acceptors (Lipinski definition) is 2. The summed E-state index contributed by atoms with van der Waals surface area (Å²) >= 11 is 0. The van der Waals surface area contributed by atoms with Gasteiger partial charge in [-0.1, -0.05) is 43.7 Å². The second kappa shape index (κ2) is 5.55. The van der Waals surface area contributed by atoms with Crippen molar-refractivity contribution >= 4 is 11.8 Å². The number of rotatable bonds is 4. The maximum atomic E-state index is 12.5. The Morgan fingerprint density at radius 2 is 2.00 bits per heavy atom. The molecule has 2 unspecified atom stereocenters. The van der Waals surface area contributed by atoms with Gasteiger partial charge < -0.3 is 5.11 Å². The number of aliphatic carboxylic acids is 1. The highest BCUT2D eigenvalue weighted by atomic mass is 16.4. The number of Topliss-reactive ketones (excluding diaryl/α,β-unsaturated/α-hetero) is 1. The lowest BCUT2D eigenvalue weighted by Crippen LogP contribution is -2.45. The van der Waals surface area contributed by atoms with Crippen molar-refractivity contribution in [2.24, 2.45) is 5.92 Å². The van der Waals surface area contributed by atoms with Crippen molar-refractivity contribution in [3.8, 4) is 0 Å². The summed E-state index contributed by atoms with van der Waals surface area (Å²) in [6.45, 7) is 1.89. The second-order valence-electron chi connectivity index (χ2n) is 5.47. The molecule has 1 aromatic carbocycles. The van der Waals surface area contributed by atoms with Crippen LogP contribution in [-0.2, 0) is 15.0 Å². The Hall–Kier alpha value is -1.64. The van der Waals surface area contributed by atoms with Crippen LogP contribution in [0.25, 0.3) is 0 Å². The number of carboxylic acid groups (broad SMARTS) is 1. The molecule has 0 bridgehead atoms. The topological polar surface area (TPSA) is 54.4 Å². The van der Waals surface area contributed by atoms with Crippen LogP contribution in [0.1, 0.15) is 44.6 Å². The maximum absolute atomic E-state index is 12.5. The SMILES string of the molecule is CC(CC(=O)O)C1(c2ccccc2)CCCCC1=O. The molecule has 3 heteroatoms. The second-order valence-corrected chi connectivity index (χ2v) is 5.47. The van der Waals surface area contributed by atoms with Gasteiger partial charge in [-0.25, -0.2) is 0 Å². The van der Waals surface area contributed by atoms with Gasteiger partial charge in [0.2, 0.25) is 0 Å². The Bertz CT molecular complexity index is 466. The molecule has 1 aliphatic carbocycles. The molecular weight excluding hydrogens is 240 g/mol. The standard InChI is InChI=1S/C16H20O3/c1-12(11-15(18)19)16(10-6-5-9-14(16)17)13-7-3-2-4-8-13/h2-4,7-8,12H,5-6,9-11H2,1H3,(H,18,19). The average Bonchev–Trinajstić information content (AvgIpc) is 2.39. The summed E-state index contributed by atoms with van der Waals surface area (Å²) in [5.74, 6) is -0.792. The molecule has 0 amide bonds. The first-order valence-electron chi connectivity index (χ1n) is 6.88. The molecule has 0 aromatic heterocycles. The van der Waals surface area contributed by atoms with Crippen molar-refractivity contribution in [2.45, 2.75) is 44.4 Å². The van der Waals surface area contributed by atoms with Gasteiger partial charge in [-0.2, -0.15) is 0 Å². The van der Waals surface area contributed by atoms with E-state index in [4.69, 9.17) is 5.11 Å². The molecular formula is C16H20O3. The van der Waals surface area contributed by atoms with Gasteiger partial charge in [-0.05, 0) is 24.3 Å². The summed E-state index contributed by atoms with van der Waals surface area (Å²) in [5, 5.41) is 9.05. The molecule has 1 fully saturated rings. The van der Waals surface area contributed by atoms with Crippen molar-refractivity contribution in [1.82, 2.24) is 0 Å². The van der Waals surface area contributed by atoms with Crippen LogP contribution < -0.4 is 0 Å². The molecule has 0 spiro atoms. The fraction of sp³-hybridized carbons (Fsp3) is 0.500. The van der Waals surface area contributed by atoms with E-state index >= 15 is 0 Å². The molecule has 3 nitrogen and oxygen atoms in total. The smallest absolute Gasteiger partial charge is 0.303 e. The Morgan fingerprint density at radius 3 is 2.58 bits per heavy atom. The predicted molar refractivity (Wildman–Crippen MR) is 73.0 cm³/mol. The van der Waals surface area contributed by atoms with Crippen molar-refractivity contribution in [1.29, 1.82) is 0 Å². The third-order valence-corrected chi connectivity index (χ3v) is 4.33. The number of benzene rings is 1. The normalized spacial score (nSPS) is 25.0. The zero-order chi connectivity index (χ0) is 13.9. The first-order chi connectivity index (χ1) is 9.07. The molecule has 0 radical (unpaired) electrons. The average molecular weight is 260 g/mol. The Kier molecular flexibility index (Phi) is 4.03. The minimum absolute atomic E-state index is 0.0423. The van der Waals surface area contributed by atoms with Crippen LogP contribution in [0.2, 0.25) is 0 Å². The van der Waals surface area contributed by atoms with E-state index in [0.29, 0.717) is 6.42 Å². The molecule has 1 N–H and O–H groups in total. The van der Waals surface area contributed by atoms with Crippen molar-refractivity contribution in [3.05, 3.63) is 35.9 Å². The van der Waals surface area contributed by atoms with Crippen molar-refractivity contribution < 1.29 is 14.7 Å². The molecule has 1 saturated carbocycles. The maximum Gasteiger partial charge on any atom is 0.303 e. The fourth-order valence-corrected chi connectivity index (χ4v) is 3.33. The van der Waals surface area contributed by atoms with Gasteiger partial charge in [0.05, 0.1) is 5.41 Å². The zero-order valence-corrected chi connectivity index (χ0v) is 11.3. The summed E-state index contributed by atoms with van der Waals surface area (Å²) < 4.78 is 0. The van der Waals surface area contributed by atoms with Crippen LogP contribution in [0.3, 0.4) is 0 Å². The zero-order valence-electron chi connectivity index (χ0n) is 11.3. The van der Waals surface area contributed by atoms with E-state index in [0.717, 1.165) is 24.8 Å². The molecule has 1 aliphatic rings. The van der Waals surface area contributed by atoms with Crippen molar-refractivity contribution in [3.63, 3.8) is 0 Å². The highest BCUT2D eigenvalue weighted by Crippen LogP contribution is 2.44. The third-order valence-electron chi connectivity index (χ3n) is 4.33. The Labute approximate surface area is 113 Å². The van der Waals surface area contributed by atoms with Crippen molar-refractivity contribution in [2.75, 3.05) is 0 Å². The quantitative estimate of drug-likeness (QED) is 0.904. The van der Waals surface area contributed by atoms with Crippen LogP contribution >= 0.6 is 0 Å². The lowest BCUT2D eigenvalue weighted by atomic mass is 9.61. The Morgan fingerprint density at radius 1 is 1.32 bits per heavy atom. The van der Waals surface area contributed by atoms with Gasteiger partial charge >= 0.3 is 5.97 Å². The van der Waals surface area contributed by atoms with E-state index in [-0.39, 0.29) is 18.1 Å². The van der Waals surface area contributed by atoms with E-state index in [1.165, 1.54) is 0 Å².